The molecule has 0 saturated heterocycles. The molecule has 0 aliphatic carbocycles. The van der Waals surface area contributed by atoms with Crippen molar-refractivity contribution in [3.8, 4) is 5.69 Å². The standard InChI is InChI=1S/C21H24F4N6OS/c1-13(2)12-30-17(28-29-20(30)33-3)9-6-10-26-19(32)14-11-27-31(18(14)21(23,24)25)16-8-5-4-7-15(16)22/h4-5,7-8,11,13H,6,9-10,12H2,1-3H3,(H,26,32). The van der Waals surface area contributed by atoms with E-state index in [2.05, 4.69) is 34.5 Å². The number of carbonyl (C=O) groups excluding carboxylic acids is 1. The van der Waals surface area contributed by atoms with E-state index in [9.17, 15) is 22.4 Å². The molecule has 0 saturated carbocycles. The van der Waals surface area contributed by atoms with E-state index in [4.69, 9.17) is 0 Å². The van der Waals surface area contributed by atoms with Crippen LogP contribution < -0.4 is 5.32 Å². The first-order chi connectivity index (χ1) is 15.6. The van der Waals surface area contributed by atoms with Crippen LogP contribution in [0.15, 0.2) is 35.6 Å². The van der Waals surface area contributed by atoms with Crippen LogP contribution in [0.1, 0.15) is 42.1 Å². The van der Waals surface area contributed by atoms with Crippen molar-refractivity contribution in [2.75, 3.05) is 12.8 Å². The molecule has 0 aliphatic rings. The van der Waals surface area contributed by atoms with Gasteiger partial charge in [0.15, 0.2) is 10.9 Å². The van der Waals surface area contributed by atoms with Crippen LogP contribution in [0.4, 0.5) is 17.6 Å². The highest BCUT2D eigenvalue weighted by Crippen LogP contribution is 2.34. The molecule has 33 heavy (non-hydrogen) atoms. The van der Waals surface area contributed by atoms with Gasteiger partial charge in [0.2, 0.25) is 0 Å². The fourth-order valence-electron chi connectivity index (χ4n) is 3.34. The number of alkyl halides is 3. The third-order valence-electron chi connectivity index (χ3n) is 4.75. The first-order valence-electron chi connectivity index (χ1n) is 10.3. The van der Waals surface area contributed by atoms with Gasteiger partial charge in [0.05, 0.1) is 11.8 Å². The van der Waals surface area contributed by atoms with Crippen LogP contribution in [-0.4, -0.2) is 43.3 Å². The van der Waals surface area contributed by atoms with Gasteiger partial charge < -0.3 is 9.88 Å². The Morgan fingerprint density at radius 2 is 1.94 bits per heavy atom. The first-order valence-corrected chi connectivity index (χ1v) is 11.5. The molecule has 1 N–H and O–H groups in total. The Bertz CT molecular complexity index is 1110. The molecule has 12 heteroatoms. The Hall–Kier alpha value is -2.89. The van der Waals surface area contributed by atoms with Gasteiger partial charge in [-0.25, -0.2) is 9.07 Å². The number of thioether (sulfide) groups is 1. The van der Waals surface area contributed by atoms with Crippen molar-refractivity contribution >= 4 is 17.7 Å². The van der Waals surface area contributed by atoms with Crippen molar-refractivity contribution in [3.63, 3.8) is 0 Å². The molecule has 0 bridgehead atoms. The lowest BCUT2D eigenvalue weighted by atomic mass is 10.2. The molecule has 2 aromatic heterocycles. The molecule has 0 unspecified atom stereocenters. The van der Waals surface area contributed by atoms with Gasteiger partial charge in [0.25, 0.3) is 5.91 Å². The minimum absolute atomic E-state index is 0.129. The fraction of sp³-hybridized carbons (Fsp3) is 0.429. The lowest BCUT2D eigenvalue weighted by Gasteiger charge is -2.13. The lowest BCUT2D eigenvalue weighted by Crippen LogP contribution is -2.28. The topological polar surface area (TPSA) is 77.6 Å². The zero-order valence-corrected chi connectivity index (χ0v) is 19.2. The summed E-state index contributed by atoms with van der Waals surface area (Å²) in [4.78, 5) is 12.5. The van der Waals surface area contributed by atoms with Crippen molar-refractivity contribution in [1.29, 1.82) is 0 Å². The molecule has 178 valence electrons. The van der Waals surface area contributed by atoms with Gasteiger partial charge in [-0.3, -0.25) is 4.79 Å². The number of rotatable bonds is 9. The maximum absolute atomic E-state index is 14.1. The number of aromatic nitrogens is 5. The van der Waals surface area contributed by atoms with Crippen molar-refractivity contribution in [1.82, 2.24) is 29.9 Å². The Kier molecular flexibility index (Phi) is 7.77. The normalized spacial score (nSPS) is 11.9. The Balaban J connectivity index is 1.71. The van der Waals surface area contributed by atoms with E-state index < -0.39 is 34.8 Å². The smallest absolute Gasteiger partial charge is 0.352 e. The molecule has 3 rings (SSSR count). The number of hydrogen-bond acceptors (Lipinski definition) is 5. The summed E-state index contributed by atoms with van der Waals surface area (Å²) in [6, 6.07) is 4.93. The maximum Gasteiger partial charge on any atom is 0.434 e. The minimum atomic E-state index is -4.91. The number of benzene rings is 1. The molecule has 0 aliphatic heterocycles. The van der Waals surface area contributed by atoms with E-state index in [1.807, 2.05) is 10.8 Å². The quantitative estimate of drug-likeness (QED) is 0.277. The molecule has 3 aromatic rings. The van der Waals surface area contributed by atoms with E-state index in [0.717, 1.165) is 35.9 Å². The van der Waals surface area contributed by atoms with Crippen LogP contribution in [0.3, 0.4) is 0 Å². The van der Waals surface area contributed by atoms with Crippen molar-refractivity contribution in [2.45, 2.75) is 44.6 Å². The molecular formula is C21H24F4N6OS. The molecule has 0 atom stereocenters. The number of nitrogens with one attached hydrogen (secondary N) is 1. The molecule has 0 radical (unpaired) electrons. The van der Waals surface area contributed by atoms with Gasteiger partial charge >= 0.3 is 6.18 Å². The summed E-state index contributed by atoms with van der Waals surface area (Å²) < 4.78 is 57.7. The zero-order valence-electron chi connectivity index (χ0n) is 18.4. The summed E-state index contributed by atoms with van der Waals surface area (Å²) in [7, 11) is 0. The largest absolute Gasteiger partial charge is 0.434 e. The number of nitrogens with zero attached hydrogens (tertiary/aromatic N) is 5. The molecule has 1 amide bonds. The summed E-state index contributed by atoms with van der Waals surface area (Å²) in [5.41, 5.74) is -2.39. The maximum atomic E-state index is 14.1. The Morgan fingerprint density at radius 3 is 2.58 bits per heavy atom. The molecule has 2 heterocycles. The van der Waals surface area contributed by atoms with Crippen LogP contribution >= 0.6 is 11.8 Å². The summed E-state index contributed by atoms with van der Waals surface area (Å²) in [5, 5.41) is 15.3. The van der Waals surface area contributed by atoms with Crippen LogP contribution in [0.2, 0.25) is 0 Å². The monoisotopic (exact) mass is 484 g/mol. The third-order valence-corrected chi connectivity index (χ3v) is 5.42. The second-order valence-corrected chi connectivity index (χ2v) is 8.51. The number of carbonyl (C=O) groups is 1. The van der Waals surface area contributed by atoms with Gasteiger partial charge in [0.1, 0.15) is 17.3 Å². The van der Waals surface area contributed by atoms with E-state index in [1.165, 1.54) is 23.9 Å². The third kappa shape index (κ3) is 5.73. The predicted octanol–water partition coefficient (Wildman–Crippen LogP) is 4.36. The number of para-hydroxylation sites is 1. The van der Waals surface area contributed by atoms with Gasteiger partial charge in [-0.05, 0) is 30.7 Å². The second kappa shape index (κ2) is 10.4. The summed E-state index contributed by atoms with van der Waals surface area (Å²) >= 11 is 1.48. The van der Waals surface area contributed by atoms with Crippen molar-refractivity contribution in [2.24, 2.45) is 5.92 Å². The van der Waals surface area contributed by atoms with Gasteiger partial charge in [-0.1, -0.05) is 37.7 Å². The van der Waals surface area contributed by atoms with Crippen molar-refractivity contribution < 1.29 is 22.4 Å². The van der Waals surface area contributed by atoms with Gasteiger partial charge in [-0.2, -0.15) is 18.3 Å². The number of hydrogen-bond donors (Lipinski definition) is 1. The summed E-state index contributed by atoms with van der Waals surface area (Å²) in [5.74, 6) is -0.672. The molecule has 0 spiro atoms. The predicted molar refractivity (Wildman–Crippen MR) is 116 cm³/mol. The minimum Gasteiger partial charge on any atom is -0.352 e. The molecule has 0 fully saturated rings. The highest BCUT2D eigenvalue weighted by molar-refractivity contribution is 7.98. The average Bonchev–Trinajstić information content (AvgIpc) is 3.35. The highest BCUT2D eigenvalue weighted by atomic mass is 32.2. The van der Waals surface area contributed by atoms with Gasteiger partial charge in [-0.15, -0.1) is 10.2 Å². The van der Waals surface area contributed by atoms with E-state index >= 15 is 0 Å². The second-order valence-electron chi connectivity index (χ2n) is 7.73. The zero-order chi connectivity index (χ0) is 24.2. The number of halogens is 4. The number of amides is 1. The van der Waals surface area contributed by atoms with Crippen LogP contribution in [0, 0.1) is 11.7 Å². The van der Waals surface area contributed by atoms with E-state index in [0.29, 0.717) is 23.4 Å². The fourth-order valence-corrected chi connectivity index (χ4v) is 3.86. The van der Waals surface area contributed by atoms with Gasteiger partial charge in [0, 0.05) is 19.5 Å². The van der Waals surface area contributed by atoms with E-state index in [1.54, 1.807) is 0 Å². The average molecular weight is 485 g/mol. The van der Waals surface area contributed by atoms with Crippen LogP contribution in [0.5, 0.6) is 0 Å². The molecule has 1 aromatic carbocycles. The van der Waals surface area contributed by atoms with Crippen LogP contribution in [-0.2, 0) is 19.1 Å². The SMILES string of the molecule is CSc1nnc(CCCNC(=O)c2cnn(-c3ccccc3F)c2C(F)(F)F)n1CC(C)C. The first kappa shape index (κ1) is 24.7. The molecule has 7 nitrogen and oxygen atoms in total. The van der Waals surface area contributed by atoms with Crippen LogP contribution in [0.25, 0.3) is 5.69 Å². The van der Waals surface area contributed by atoms with Crippen molar-refractivity contribution in [3.05, 3.63) is 53.4 Å². The van der Waals surface area contributed by atoms with E-state index in [-0.39, 0.29) is 6.54 Å². The lowest BCUT2D eigenvalue weighted by molar-refractivity contribution is -0.143. The number of aryl methyl sites for hydroxylation is 1. The Labute approximate surface area is 192 Å². The Morgan fingerprint density at radius 1 is 1.21 bits per heavy atom. The molecular weight excluding hydrogens is 460 g/mol. The summed E-state index contributed by atoms with van der Waals surface area (Å²) in [6.07, 6.45) is -1.24. The summed E-state index contributed by atoms with van der Waals surface area (Å²) in [6.45, 7) is 5.03. The highest BCUT2D eigenvalue weighted by Gasteiger charge is 2.41.